The van der Waals surface area contributed by atoms with Gasteiger partial charge in [0.2, 0.25) is 0 Å². The zero-order valence-electron chi connectivity index (χ0n) is 35.5. The molecule has 2 heteroatoms. The van der Waals surface area contributed by atoms with Gasteiger partial charge in [0.05, 0.1) is 11.1 Å². The minimum Gasteiger partial charge on any atom is -0.455 e. The summed E-state index contributed by atoms with van der Waals surface area (Å²) >= 11 is 0. The molecule has 2 nitrogen and oxygen atoms in total. The molecule has 0 saturated heterocycles. The molecule has 1 spiro atoms. The topological polar surface area (TPSA) is 12.5 Å². The second kappa shape index (κ2) is 14.8. The van der Waals surface area contributed by atoms with Crippen molar-refractivity contribution >= 4 is 38.6 Å². The maximum atomic E-state index is 7.25. The highest BCUT2D eigenvalue weighted by atomic mass is 16.5. The molecule has 0 amide bonds. The maximum Gasteiger partial charge on any atom is 0.140 e. The summed E-state index contributed by atoms with van der Waals surface area (Å²) in [6.07, 6.45) is 0. The molecule has 11 aromatic rings. The van der Waals surface area contributed by atoms with Gasteiger partial charge in [-0.15, -0.1) is 0 Å². The summed E-state index contributed by atoms with van der Waals surface area (Å²) in [7, 11) is 0. The van der Waals surface area contributed by atoms with Crippen molar-refractivity contribution in [3.8, 4) is 56.0 Å². The van der Waals surface area contributed by atoms with Crippen molar-refractivity contribution < 1.29 is 4.74 Å². The molecule has 2 aliphatic rings. The molecule has 304 valence electrons. The average Bonchev–Trinajstić information content (AvgIpc) is 3.68. The highest BCUT2D eigenvalue weighted by Crippen LogP contribution is 2.65. The van der Waals surface area contributed by atoms with Crippen molar-refractivity contribution in [3.05, 3.63) is 271 Å². The van der Waals surface area contributed by atoms with Crippen LogP contribution in [0.3, 0.4) is 0 Å². The van der Waals surface area contributed by atoms with E-state index in [4.69, 9.17) is 4.74 Å². The summed E-state index contributed by atoms with van der Waals surface area (Å²) in [6, 6.07) is 90.6. The SMILES string of the molecule is c1ccc(-c2ccc(N(c3ccc(-c4ccccc4)cc3)c3ccccc3-c3cccc4c3-c3ccccc3C43c4ccc5ccccc5c4Oc4c3ccc3ccccc43)cc2)cc1. The van der Waals surface area contributed by atoms with Crippen LogP contribution in [0.25, 0.3) is 66.1 Å². The Balaban J connectivity index is 1.06. The lowest BCUT2D eigenvalue weighted by Crippen LogP contribution is -2.32. The van der Waals surface area contributed by atoms with Gasteiger partial charge in [0.15, 0.2) is 0 Å². The molecule has 11 aromatic carbocycles. The molecule has 0 unspecified atom stereocenters. The van der Waals surface area contributed by atoms with Crippen molar-refractivity contribution in [2.45, 2.75) is 5.41 Å². The van der Waals surface area contributed by atoms with Crippen LogP contribution in [0, 0.1) is 0 Å². The number of para-hydroxylation sites is 1. The van der Waals surface area contributed by atoms with Crippen molar-refractivity contribution in [3.63, 3.8) is 0 Å². The molecule has 0 bridgehead atoms. The number of ether oxygens (including phenoxy) is 1. The Hall–Kier alpha value is -8.46. The first-order valence-electron chi connectivity index (χ1n) is 22.4. The van der Waals surface area contributed by atoms with Gasteiger partial charge >= 0.3 is 0 Å². The number of hydrogen-bond acceptors (Lipinski definition) is 2. The van der Waals surface area contributed by atoms with Gasteiger partial charge in [-0.1, -0.05) is 218 Å². The summed E-state index contributed by atoms with van der Waals surface area (Å²) in [5.74, 6) is 1.84. The standard InChI is InChI=1S/C63H41NO/c1-3-16-42(17-4-1)44-30-36-48(37-31-44)64(49-38-32-45(33-39-49)43-18-5-2-6-19-43)59-29-14-12-24-52(59)53-26-15-28-56-60(53)54-25-11-13-27-55(54)63(56)57-40-34-46-20-7-9-22-50(46)61(57)65-62-51-23-10-8-21-47(51)35-41-58(62)63/h1-41H. The zero-order chi connectivity index (χ0) is 42.9. The molecule has 13 rings (SSSR count). The zero-order valence-corrected chi connectivity index (χ0v) is 35.5. The summed E-state index contributed by atoms with van der Waals surface area (Å²) in [4.78, 5) is 2.42. The summed E-state index contributed by atoms with van der Waals surface area (Å²) in [5, 5.41) is 4.55. The van der Waals surface area contributed by atoms with E-state index in [-0.39, 0.29) is 0 Å². The molecule has 0 aromatic heterocycles. The number of hydrogen-bond donors (Lipinski definition) is 0. The molecule has 65 heavy (non-hydrogen) atoms. The third-order valence-corrected chi connectivity index (χ3v) is 13.7. The third-order valence-electron chi connectivity index (χ3n) is 13.7. The van der Waals surface area contributed by atoms with Gasteiger partial charge in [-0.2, -0.15) is 0 Å². The summed E-state index contributed by atoms with van der Waals surface area (Å²) < 4.78 is 7.25. The molecule has 1 aliphatic heterocycles. The van der Waals surface area contributed by atoms with Crippen LogP contribution in [0.5, 0.6) is 11.5 Å². The van der Waals surface area contributed by atoms with Crippen molar-refractivity contribution in [2.75, 3.05) is 4.90 Å². The van der Waals surface area contributed by atoms with Gasteiger partial charge in [0.25, 0.3) is 0 Å². The fraction of sp³-hybridized carbons (Fsp3) is 0.0159. The summed E-state index contributed by atoms with van der Waals surface area (Å²) in [6.45, 7) is 0. The Morgan fingerprint density at radius 1 is 0.292 bits per heavy atom. The highest BCUT2D eigenvalue weighted by Gasteiger charge is 2.52. The molecular weight excluding hydrogens is 787 g/mol. The predicted molar refractivity (Wildman–Crippen MR) is 270 cm³/mol. The van der Waals surface area contributed by atoms with Crippen LogP contribution in [0.4, 0.5) is 17.1 Å². The van der Waals surface area contributed by atoms with E-state index >= 15 is 0 Å². The fourth-order valence-electron chi connectivity index (χ4n) is 10.9. The van der Waals surface area contributed by atoms with Gasteiger partial charge in [0, 0.05) is 38.8 Å². The van der Waals surface area contributed by atoms with Crippen molar-refractivity contribution in [1.82, 2.24) is 0 Å². The van der Waals surface area contributed by atoms with Gasteiger partial charge in [-0.3, -0.25) is 0 Å². The third kappa shape index (κ3) is 5.67. The van der Waals surface area contributed by atoms with Gasteiger partial charge in [-0.05, 0) is 91.2 Å². The number of anilines is 3. The number of benzene rings is 11. The Morgan fingerprint density at radius 3 is 1.32 bits per heavy atom. The molecule has 1 heterocycles. The molecule has 0 radical (unpaired) electrons. The minimum absolute atomic E-state index is 0.645. The van der Waals surface area contributed by atoms with Crippen molar-refractivity contribution in [2.24, 2.45) is 0 Å². The van der Waals surface area contributed by atoms with E-state index < -0.39 is 5.41 Å². The Labute approximate surface area is 378 Å². The molecule has 0 fully saturated rings. The van der Waals surface area contributed by atoms with E-state index in [1.165, 1.54) is 50.1 Å². The first kappa shape index (κ1) is 37.1. The van der Waals surface area contributed by atoms with Crippen LogP contribution >= 0.6 is 0 Å². The smallest absolute Gasteiger partial charge is 0.140 e. The molecule has 0 saturated carbocycles. The number of nitrogens with zero attached hydrogens (tertiary/aromatic N) is 1. The first-order chi connectivity index (χ1) is 32.3. The number of rotatable bonds is 6. The number of fused-ring (bicyclic) bond motifs is 13. The maximum absolute atomic E-state index is 7.25. The second-order valence-corrected chi connectivity index (χ2v) is 17.1. The monoisotopic (exact) mass is 827 g/mol. The van der Waals surface area contributed by atoms with E-state index in [0.29, 0.717) is 0 Å². The van der Waals surface area contributed by atoms with Crippen LogP contribution < -0.4 is 9.64 Å². The van der Waals surface area contributed by atoms with Crippen LogP contribution in [0.2, 0.25) is 0 Å². The van der Waals surface area contributed by atoms with E-state index in [1.54, 1.807) is 0 Å². The van der Waals surface area contributed by atoms with Crippen LogP contribution in [0.1, 0.15) is 22.3 Å². The van der Waals surface area contributed by atoms with Gasteiger partial charge in [-0.25, -0.2) is 0 Å². The van der Waals surface area contributed by atoms with Gasteiger partial charge in [0.1, 0.15) is 11.5 Å². The second-order valence-electron chi connectivity index (χ2n) is 17.1. The molecule has 1 aliphatic carbocycles. The highest BCUT2D eigenvalue weighted by molar-refractivity contribution is 6.04. The lowest BCUT2D eigenvalue weighted by atomic mass is 9.65. The van der Waals surface area contributed by atoms with Gasteiger partial charge < -0.3 is 9.64 Å². The van der Waals surface area contributed by atoms with Crippen molar-refractivity contribution in [1.29, 1.82) is 0 Å². The van der Waals surface area contributed by atoms with Crippen LogP contribution in [-0.2, 0) is 5.41 Å². The minimum atomic E-state index is -0.645. The first-order valence-corrected chi connectivity index (χ1v) is 22.4. The largest absolute Gasteiger partial charge is 0.455 e. The lowest BCUT2D eigenvalue weighted by molar-refractivity contribution is 0.447. The lowest BCUT2D eigenvalue weighted by Gasteiger charge is -2.40. The average molecular weight is 828 g/mol. The Kier molecular flexibility index (Phi) is 8.47. The quantitative estimate of drug-likeness (QED) is 0.166. The molecular formula is C63H41NO. The van der Waals surface area contributed by atoms with E-state index in [9.17, 15) is 0 Å². The fourth-order valence-corrected chi connectivity index (χ4v) is 10.9. The summed E-state index contributed by atoms with van der Waals surface area (Å²) in [5.41, 5.74) is 17.0. The Morgan fingerprint density at radius 2 is 0.738 bits per heavy atom. The van der Waals surface area contributed by atoms with Crippen LogP contribution in [0.15, 0.2) is 249 Å². The molecule has 0 N–H and O–H groups in total. The molecule has 0 atom stereocenters. The van der Waals surface area contributed by atoms with E-state index in [2.05, 4.69) is 254 Å². The van der Waals surface area contributed by atoms with Crippen LogP contribution in [-0.4, -0.2) is 0 Å². The predicted octanol–water partition coefficient (Wildman–Crippen LogP) is 16.9. The Bertz CT molecular complexity index is 3440. The van der Waals surface area contributed by atoms with E-state index in [0.717, 1.165) is 66.8 Å². The van der Waals surface area contributed by atoms with E-state index in [1.807, 2.05) is 0 Å². The normalized spacial score (nSPS) is 12.9.